The summed E-state index contributed by atoms with van der Waals surface area (Å²) in [6.07, 6.45) is 0.464. The molecule has 4 heterocycles. The van der Waals surface area contributed by atoms with Crippen molar-refractivity contribution >= 4 is 29.1 Å². The summed E-state index contributed by atoms with van der Waals surface area (Å²) in [5, 5.41) is 10.5. The normalized spacial score (nSPS) is 33.8. The molecule has 6 nitrogen and oxygen atoms in total. The molecule has 2 unspecified atom stereocenters. The Morgan fingerprint density at radius 3 is 2.17 bits per heavy atom. The Morgan fingerprint density at radius 1 is 1.06 bits per heavy atom. The SMILES string of the molecule is CC1C(O)(C(F)(F)F)C(=O)[N+]12CCC(C1CCN(c3ccc(C(=O)N4CCCC4)c(Cl)c3)CC1)CC2. The van der Waals surface area contributed by atoms with Gasteiger partial charge in [-0.1, -0.05) is 11.6 Å². The molecule has 1 aromatic rings. The summed E-state index contributed by atoms with van der Waals surface area (Å²) in [5.41, 5.74) is -1.67. The van der Waals surface area contributed by atoms with Gasteiger partial charge in [-0.15, -0.1) is 0 Å². The third-order valence-corrected chi connectivity index (χ3v) is 9.77. The van der Waals surface area contributed by atoms with Crippen LogP contribution in [0, 0.1) is 11.8 Å². The zero-order valence-electron chi connectivity index (χ0n) is 20.6. The van der Waals surface area contributed by atoms with E-state index in [0.717, 1.165) is 57.5 Å². The first kappa shape index (κ1) is 25.8. The van der Waals surface area contributed by atoms with Gasteiger partial charge in [0.1, 0.15) is 6.04 Å². The number of aliphatic hydroxyl groups is 1. The van der Waals surface area contributed by atoms with Gasteiger partial charge in [0.15, 0.2) is 0 Å². The topological polar surface area (TPSA) is 60.9 Å². The standard InChI is InChI=1S/C26H34ClF3N3O3/c1-17-25(36,26(28,29)30)24(35)33(17)14-8-19(9-15-33)18-6-12-31(13-7-18)20-4-5-21(22(27)16-20)23(34)32-10-2-3-11-32/h4-5,16-19,36H,2-3,6-15H2,1H3/q+1. The van der Waals surface area contributed by atoms with Crippen molar-refractivity contribution in [3.63, 3.8) is 0 Å². The largest absolute Gasteiger partial charge is 0.436 e. The average molecular weight is 529 g/mol. The van der Waals surface area contributed by atoms with E-state index in [4.69, 9.17) is 11.6 Å². The van der Waals surface area contributed by atoms with Crippen molar-refractivity contribution in [1.82, 2.24) is 4.90 Å². The van der Waals surface area contributed by atoms with E-state index < -0.39 is 23.7 Å². The maximum atomic E-state index is 13.3. The zero-order valence-corrected chi connectivity index (χ0v) is 21.3. The highest BCUT2D eigenvalue weighted by atomic mass is 35.5. The Labute approximate surface area is 214 Å². The number of carbonyl (C=O) groups excluding carboxylic acids is 2. The number of benzene rings is 1. The number of hydrogen-bond acceptors (Lipinski definition) is 4. The number of quaternary nitrogens is 1. The fraction of sp³-hybridized carbons (Fsp3) is 0.692. The molecule has 4 aliphatic heterocycles. The van der Waals surface area contributed by atoms with Crippen molar-refractivity contribution in [2.75, 3.05) is 44.2 Å². The molecule has 10 heteroatoms. The van der Waals surface area contributed by atoms with Gasteiger partial charge in [0.25, 0.3) is 5.91 Å². The number of hydrogen-bond donors (Lipinski definition) is 1. The molecular formula is C26H34ClF3N3O3+. The minimum atomic E-state index is -4.93. The van der Waals surface area contributed by atoms with Crippen molar-refractivity contribution < 1.29 is 32.3 Å². The molecule has 0 bridgehead atoms. The molecule has 198 valence electrons. The number of β-lactam (4-membered cyclic amide) rings is 1. The third-order valence-electron chi connectivity index (χ3n) is 9.45. The second kappa shape index (κ2) is 9.17. The molecule has 1 spiro atoms. The molecule has 2 atom stereocenters. The first-order valence-electron chi connectivity index (χ1n) is 13.0. The maximum Gasteiger partial charge on any atom is 0.436 e. The number of carbonyl (C=O) groups is 2. The van der Waals surface area contributed by atoms with Crippen LogP contribution < -0.4 is 4.90 Å². The monoisotopic (exact) mass is 528 g/mol. The predicted molar refractivity (Wildman–Crippen MR) is 130 cm³/mol. The molecule has 0 aromatic heterocycles. The van der Waals surface area contributed by atoms with Gasteiger partial charge in [0, 0.05) is 44.7 Å². The van der Waals surface area contributed by atoms with Crippen molar-refractivity contribution in [2.45, 2.75) is 63.3 Å². The Bertz CT molecular complexity index is 1030. The molecule has 2 amide bonds. The summed E-state index contributed by atoms with van der Waals surface area (Å²) in [7, 11) is 0. The number of amides is 2. The highest BCUT2D eigenvalue weighted by Crippen LogP contribution is 2.51. The molecule has 4 fully saturated rings. The van der Waals surface area contributed by atoms with Crippen LogP contribution in [-0.4, -0.2) is 83.4 Å². The maximum absolute atomic E-state index is 13.3. The lowest BCUT2D eigenvalue weighted by atomic mass is 9.72. The molecule has 0 saturated carbocycles. The number of piperidine rings is 2. The van der Waals surface area contributed by atoms with Crippen LogP contribution in [0.4, 0.5) is 18.9 Å². The van der Waals surface area contributed by atoms with E-state index in [1.54, 1.807) is 0 Å². The lowest BCUT2D eigenvalue weighted by molar-refractivity contribution is -0.930. The Balaban J connectivity index is 1.15. The highest BCUT2D eigenvalue weighted by Gasteiger charge is 2.83. The van der Waals surface area contributed by atoms with Crippen LogP contribution in [0.1, 0.15) is 55.8 Å². The van der Waals surface area contributed by atoms with E-state index in [9.17, 15) is 27.9 Å². The molecule has 4 aliphatic rings. The van der Waals surface area contributed by atoms with Gasteiger partial charge in [-0.2, -0.15) is 13.2 Å². The fourth-order valence-electron chi connectivity index (χ4n) is 7.05. The van der Waals surface area contributed by atoms with E-state index in [1.807, 2.05) is 23.1 Å². The van der Waals surface area contributed by atoms with Crippen LogP contribution in [0.3, 0.4) is 0 Å². The Kier molecular flexibility index (Phi) is 6.57. The van der Waals surface area contributed by atoms with E-state index in [0.29, 0.717) is 48.4 Å². The molecule has 1 N–H and O–H groups in total. The van der Waals surface area contributed by atoms with Crippen LogP contribution in [0.5, 0.6) is 0 Å². The quantitative estimate of drug-likeness (QED) is 0.471. The van der Waals surface area contributed by atoms with Crippen LogP contribution in [-0.2, 0) is 4.79 Å². The summed E-state index contributed by atoms with van der Waals surface area (Å²) >= 11 is 6.50. The number of likely N-dealkylation sites (tertiary alicyclic amines) is 1. The van der Waals surface area contributed by atoms with Gasteiger partial charge in [-0.05, 0) is 62.6 Å². The summed E-state index contributed by atoms with van der Waals surface area (Å²) in [6, 6.07) is 4.50. The molecule has 0 radical (unpaired) electrons. The fourth-order valence-corrected chi connectivity index (χ4v) is 7.30. The molecule has 5 rings (SSSR count). The number of nitrogens with zero attached hydrogens (tertiary/aromatic N) is 3. The van der Waals surface area contributed by atoms with E-state index in [-0.39, 0.29) is 10.4 Å². The predicted octanol–water partition coefficient (Wildman–Crippen LogP) is 4.24. The van der Waals surface area contributed by atoms with Gasteiger partial charge in [0.2, 0.25) is 0 Å². The first-order chi connectivity index (χ1) is 17.0. The van der Waals surface area contributed by atoms with Crippen molar-refractivity contribution in [3.05, 3.63) is 28.8 Å². The summed E-state index contributed by atoms with van der Waals surface area (Å²) in [6.45, 7) is 5.34. The van der Waals surface area contributed by atoms with Crippen LogP contribution in [0.2, 0.25) is 5.02 Å². The van der Waals surface area contributed by atoms with Crippen molar-refractivity contribution in [1.29, 1.82) is 0 Å². The van der Waals surface area contributed by atoms with Gasteiger partial charge in [-0.25, -0.2) is 4.79 Å². The second-order valence-corrected chi connectivity index (χ2v) is 11.5. The summed E-state index contributed by atoms with van der Waals surface area (Å²) in [4.78, 5) is 29.4. The Hall–Kier alpha value is -1.84. The number of rotatable bonds is 3. The Morgan fingerprint density at radius 2 is 1.64 bits per heavy atom. The molecule has 36 heavy (non-hydrogen) atoms. The molecular weight excluding hydrogens is 495 g/mol. The first-order valence-corrected chi connectivity index (χ1v) is 13.4. The van der Waals surface area contributed by atoms with Crippen LogP contribution in [0.25, 0.3) is 0 Å². The minimum absolute atomic E-state index is 0.0100. The van der Waals surface area contributed by atoms with E-state index >= 15 is 0 Å². The second-order valence-electron chi connectivity index (χ2n) is 11.1. The van der Waals surface area contributed by atoms with Crippen molar-refractivity contribution in [3.8, 4) is 0 Å². The highest BCUT2D eigenvalue weighted by molar-refractivity contribution is 6.34. The van der Waals surface area contributed by atoms with E-state index in [1.165, 1.54) is 6.92 Å². The summed E-state index contributed by atoms with van der Waals surface area (Å²) in [5.74, 6) is -0.260. The number of halogens is 4. The van der Waals surface area contributed by atoms with Gasteiger partial charge in [-0.3, -0.25) is 9.28 Å². The molecule has 4 saturated heterocycles. The minimum Gasteiger partial charge on any atom is -0.371 e. The van der Waals surface area contributed by atoms with Crippen LogP contribution in [0.15, 0.2) is 18.2 Å². The van der Waals surface area contributed by atoms with Gasteiger partial charge >= 0.3 is 17.7 Å². The lowest BCUT2D eigenvalue weighted by Gasteiger charge is -2.59. The van der Waals surface area contributed by atoms with E-state index in [2.05, 4.69) is 4.90 Å². The number of anilines is 1. The summed E-state index contributed by atoms with van der Waals surface area (Å²) < 4.78 is 39.7. The lowest BCUT2D eigenvalue weighted by Crippen LogP contribution is -2.88. The van der Waals surface area contributed by atoms with Gasteiger partial charge in [0.05, 0.1) is 23.7 Å². The van der Waals surface area contributed by atoms with Crippen LogP contribution >= 0.6 is 11.6 Å². The zero-order chi connectivity index (χ0) is 25.9. The number of alkyl halides is 3. The van der Waals surface area contributed by atoms with Crippen molar-refractivity contribution in [2.24, 2.45) is 11.8 Å². The smallest absolute Gasteiger partial charge is 0.371 e. The molecule has 0 aliphatic carbocycles. The molecule has 1 aromatic carbocycles. The van der Waals surface area contributed by atoms with Gasteiger partial charge < -0.3 is 14.9 Å². The third kappa shape index (κ3) is 3.93. The average Bonchev–Trinajstić information content (AvgIpc) is 3.42.